The Hall–Kier alpha value is -2.93. The van der Waals surface area contributed by atoms with Crippen LogP contribution in [0.15, 0.2) is 59.8 Å². The Labute approximate surface area is 187 Å². The van der Waals surface area contributed by atoms with E-state index in [1.165, 1.54) is 11.8 Å². The molecule has 0 unspecified atom stereocenters. The van der Waals surface area contributed by atoms with E-state index in [0.717, 1.165) is 5.56 Å². The third-order valence-corrected chi connectivity index (χ3v) is 5.97. The molecule has 0 saturated carbocycles. The van der Waals surface area contributed by atoms with Crippen molar-refractivity contribution in [1.82, 2.24) is 20.1 Å². The summed E-state index contributed by atoms with van der Waals surface area (Å²) in [6, 6.07) is 16.5. The minimum Gasteiger partial charge on any atom is -0.342 e. The summed E-state index contributed by atoms with van der Waals surface area (Å²) in [5.74, 6) is 1.01. The van der Waals surface area contributed by atoms with Crippen molar-refractivity contribution < 1.29 is 9.59 Å². The molecule has 1 N–H and O–H groups in total. The maximum atomic E-state index is 12.8. The van der Waals surface area contributed by atoms with Crippen LogP contribution in [-0.4, -0.2) is 32.2 Å². The minimum atomic E-state index is -0.292. The van der Waals surface area contributed by atoms with Crippen molar-refractivity contribution in [2.24, 2.45) is 5.92 Å². The lowest BCUT2D eigenvalue weighted by Crippen LogP contribution is -2.33. The van der Waals surface area contributed by atoms with Gasteiger partial charge in [0.1, 0.15) is 0 Å². The van der Waals surface area contributed by atoms with E-state index in [-0.39, 0.29) is 29.4 Å². The third kappa shape index (κ3) is 5.61. The van der Waals surface area contributed by atoms with Gasteiger partial charge in [-0.3, -0.25) is 9.59 Å². The highest BCUT2D eigenvalue weighted by molar-refractivity contribution is 7.99. The van der Waals surface area contributed by atoms with Crippen LogP contribution in [0.1, 0.15) is 58.9 Å². The Morgan fingerprint density at radius 1 is 1.03 bits per heavy atom. The zero-order valence-electron chi connectivity index (χ0n) is 18.3. The minimum absolute atomic E-state index is 0.0472. The van der Waals surface area contributed by atoms with E-state index in [9.17, 15) is 9.59 Å². The summed E-state index contributed by atoms with van der Waals surface area (Å²) < 4.78 is 1.98. The molecule has 3 aromatic rings. The lowest BCUT2D eigenvalue weighted by molar-refractivity contribution is 0.0921. The molecule has 0 saturated heterocycles. The molecule has 0 bridgehead atoms. The fourth-order valence-corrected chi connectivity index (χ4v) is 4.22. The summed E-state index contributed by atoms with van der Waals surface area (Å²) in [6.45, 7) is 8.71. The molecule has 0 aliphatic rings. The van der Waals surface area contributed by atoms with Gasteiger partial charge < -0.3 is 9.88 Å². The molecule has 0 fully saturated rings. The largest absolute Gasteiger partial charge is 0.342 e. The molecular weight excluding hydrogens is 408 g/mol. The Kier molecular flexibility index (Phi) is 7.63. The number of carbonyl (C=O) groups excluding carboxylic acids is 2. The number of rotatable bonds is 9. The van der Waals surface area contributed by atoms with Crippen LogP contribution >= 0.6 is 11.8 Å². The molecule has 1 aromatic heterocycles. The van der Waals surface area contributed by atoms with Gasteiger partial charge in [0.2, 0.25) is 0 Å². The number of aromatic nitrogens is 3. The summed E-state index contributed by atoms with van der Waals surface area (Å²) >= 11 is 1.37. The van der Waals surface area contributed by atoms with Gasteiger partial charge in [-0.2, -0.15) is 0 Å². The predicted molar refractivity (Wildman–Crippen MR) is 123 cm³/mol. The molecule has 162 valence electrons. The number of hydrogen-bond donors (Lipinski definition) is 1. The number of Topliss-reactive ketones (excluding diaryl/α,β-unsaturated/α-hetero) is 1. The molecule has 0 spiro atoms. The summed E-state index contributed by atoms with van der Waals surface area (Å²) in [7, 11) is 0. The summed E-state index contributed by atoms with van der Waals surface area (Å²) in [5, 5.41) is 12.5. The highest BCUT2D eigenvalue weighted by Gasteiger charge is 2.26. The van der Waals surface area contributed by atoms with E-state index in [2.05, 4.69) is 15.5 Å². The molecule has 0 aliphatic heterocycles. The van der Waals surface area contributed by atoms with E-state index in [1.807, 2.05) is 80.8 Å². The second-order valence-corrected chi connectivity index (χ2v) is 8.67. The maximum absolute atomic E-state index is 12.8. The van der Waals surface area contributed by atoms with Crippen molar-refractivity contribution in [3.05, 3.63) is 77.1 Å². The van der Waals surface area contributed by atoms with E-state index >= 15 is 0 Å². The molecule has 6 nitrogen and oxygen atoms in total. The first kappa shape index (κ1) is 22.7. The summed E-state index contributed by atoms with van der Waals surface area (Å²) in [6.07, 6.45) is 0. The number of nitrogens with zero attached hydrogens (tertiary/aromatic N) is 3. The topological polar surface area (TPSA) is 76.9 Å². The number of benzene rings is 2. The van der Waals surface area contributed by atoms with Gasteiger partial charge in [-0.25, -0.2) is 0 Å². The summed E-state index contributed by atoms with van der Waals surface area (Å²) in [4.78, 5) is 25.3. The number of aryl methyl sites for hydroxylation is 1. The average Bonchev–Trinajstić information content (AvgIpc) is 3.18. The molecule has 1 amide bonds. The van der Waals surface area contributed by atoms with Crippen molar-refractivity contribution in [3.8, 4) is 0 Å². The van der Waals surface area contributed by atoms with Crippen LogP contribution < -0.4 is 5.32 Å². The van der Waals surface area contributed by atoms with E-state index < -0.39 is 0 Å². The predicted octanol–water partition coefficient (Wildman–Crippen LogP) is 4.71. The maximum Gasteiger partial charge on any atom is 0.251 e. The van der Waals surface area contributed by atoms with Gasteiger partial charge in [-0.1, -0.05) is 73.6 Å². The van der Waals surface area contributed by atoms with Gasteiger partial charge in [0.15, 0.2) is 16.8 Å². The second-order valence-electron chi connectivity index (χ2n) is 7.73. The van der Waals surface area contributed by atoms with E-state index in [4.69, 9.17) is 0 Å². The van der Waals surface area contributed by atoms with Gasteiger partial charge >= 0.3 is 0 Å². The fraction of sp³-hybridized carbons (Fsp3) is 0.333. The molecule has 2 aromatic carbocycles. The van der Waals surface area contributed by atoms with Crippen molar-refractivity contribution in [2.45, 2.75) is 45.4 Å². The van der Waals surface area contributed by atoms with Gasteiger partial charge in [-0.05, 0) is 31.9 Å². The number of nitrogens with one attached hydrogen (secondary N) is 1. The van der Waals surface area contributed by atoms with Gasteiger partial charge in [-0.15, -0.1) is 10.2 Å². The Morgan fingerprint density at radius 2 is 1.74 bits per heavy atom. The molecule has 0 radical (unpaired) electrons. The SMILES string of the molecule is CCn1c(SCC(=O)c2ccccc2)nnc1[C@H](NC(=O)c1cccc(C)c1)C(C)C. The number of ketones is 1. The number of hydrogen-bond acceptors (Lipinski definition) is 5. The van der Waals surface area contributed by atoms with Crippen LogP contribution in [0.2, 0.25) is 0 Å². The number of thioether (sulfide) groups is 1. The lowest BCUT2D eigenvalue weighted by Gasteiger charge is -2.22. The molecule has 0 aliphatic carbocycles. The molecule has 1 heterocycles. The smallest absolute Gasteiger partial charge is 0.251 e. The highest BCUT2D eigenvalue weighted by Crippen LogP contribution is 2.26. The highest BCUT2D eigenvalue weighted by atomic mass is 32.2. The molecule has 7 heteroatoms. The van der Waals surface area contributed by atoms with Crippen molar-refractivity contribution in [3.63, 3.8) is 0 Å². The molecule has 3 rings (SSSR count). The van der Waals surface area contributed by atoms with Crippen LogP contribution in [0.3, 0.4) is 0 Å². The van der Waals surface area contributed by atoms with Crippen molar-refractivity contribution >= 4 is 23.5 Å². The first-order valence-corrected chi connectivity index (χ1v) is 11.4. The van der Waals surface area contributed by atoms with Crippen LogP contribution in [-0.2, 0) is 6.54 Å². The summed E-state index contributed by atoms with van der Waals surface area (Å²) in [5.41, 5.74) is 2.34. The Morgan fingerprint density at radius 3 is 2.39 bits per heavy atom. The van der Waals surface area contributed by atoms with Crippen molar-refractivity contribution in [1.29, 1.82) is 0 Å². The first-order chi connectivity index (χ1) is 14.9. The van der Waals surface area contributed by atoms with Crippen LogP contribution in [0.4, 0.5) is 0 Å². The number of carbonyl (C=O) groups is 2. The van der Waals surface area contributed by atoms with Gasteiger partial charge in [0.05, 0.1) is 11.8 Å². The standard InChI is InChI=1S/C24H28N4O2S/c1-5-28-22(21(16(2)3)25-23(30)19-13-9-10-17(4)14-19)26-27-24(28)31-15-20(29)18-11-7-6-8-12-18/h6-14,16,21H,5,15H2,1-4H3,(H,25,30)/t21-/m1/s1. The molecular formula is C24H28N4O2S. The molecule has 1 atom stereocenters. The van der Waals surface area contributed by atoms with Gasteiger partial charge in [0.25, 0.3) is 5.91 Å². The third-order valence-electron chi connectivity index (χ3n) is 5.00. The first-order valence-electron chi connectivity index (χ1n) is 10.4. The lowest BCUT2D eigenvalue weighted by atomic mass is 10.0. The molecule has 31 heavy (non-hydrogen) atoms. The zero-order chi connectivity index (χ0) is 22.4. The van der Waals surface area contributed by atoms with Crippen LogP contribution in [0, 0.1) is 12.8 Å². The Balaban J connectivity index is 1.77. The van der Waals surface area contributed by atoms with E-state index in [1.54, 1.807) is 6.07 Å². The number of amides is 1. The van der Waals surface area contributed by atoms with Crippen LogP contribution in [0.25, 0.3) is 0 Å². The van der Waals surface area contributed by atoms with Crippen LogP contribution in [0.5, 0.6) is 0 Å². The quantitative estimate of drug-likeness (QED) is 0.388. The Bertz CT molecular complexity index is 1050. The monoisotopic (exact) mass is 436 g/mol. The van der Waals surface area contributed by atoms with Gasteiger partial charge in [0, 0.05) is 17.7 Å². The average molecular weight is 437 g/mol. The second kappa shape index (κ2) is 10.4. The zero-order valence-corrected chi connectivity index (χ0v) is 19.1. The van der Waals surface area contributed by atoms with E-state index in [0.29, 0.717) is 28.7 Å². The fourth-order valence-electron chi connectivity index (χ4n) is 3.31. The normalized spacial score (nSPS) is 12.0. The van der Waals surface area contributed by atoms with Crippen molar-refractivity contribution in [2.75, 3.05) is 5.75 Å².